The number of aromatic nitrogens is 5. The fraction of sp³-hybridized carbons (Fsp3) is 0.0417. The van der Waals surface area contributed by atoms with Gasteiger partial charge in [-0.2, -0.15) is 9.78 Å². The number of carbonyl (C=O) groups excluding carboxylic acids is 1. The summed E-state index contributed by atoms with van der Waals surface area (Å²) < 4.78 is 21.3. The molecule has 5 rings (SSSR count). The molecule has 33 heavy (non-hydrogen) atoms. The Balaban J connectivity index is 1.48. The molecule has 2 heterocycles. The Morgan fingerprint density at radius 3 is 2.45 bits per heavy atom. The number of fused-ring (bicyclic) bond motifs is 1. The third kappa shape index (κ3) is 3.99. The van der Waals surface area contributed by atoms with Gasteiger partial charge < -0.3 is 4.74 Å². The minimum Gasteiger partial charge on any atom is -0.438 e. The van der Waals surface area contributed by atoms with Crippen LogP contribution in [-0.2, 0) is 11.5 Å². The topological polar surface area (TPSA) is 91.9 Å². The number of esters is 1. The van der Waals surface area contributed by atoms with Gasteiger partial charge in [-0.25, -0.2) is 13.9 Å². The van der Waals surface area contributed by atoms with Crippen molar-refractivity contribution in [3.63, 3.8) is 0 Å². The average Bonchev–Trinajstić information content (AvgIpc) is 3.30. The summed E-state index contributed by atoms with van der Waals surface area (Å²) in [5.74, 6) is -1.11. The van der Waals surface area contributed by atoms with E-state index in [0.29, 0.717) is 22.2 Å². The number of para-hydroxylation sites is 1. The fourth-order valence-electron chi connectivity index (χ4n) is 3.36. The summed E-state index contributed by atoms with van der Waals surface area (Å²) in [5.41, 5.74) is 1.78. The largest absolute Gasteiger partial charge is 0.438 e. The zero-order chi connectivity index (χ0) is 22.8. The molecule has 162 valence electrons. The van der Waals surface area contributed by atoms with Gasteiger partial charge in [-0.1, -0.05) is 35.5 Å². The lowest BCUT2D eigenvalue weighted by atomic mass is 10.1. The number of rotatable bonds is 5. The summed E-state index contributed by atoms with van der Waals surface area (Å²) in [6.07, 6.45) is 1.53. The first kappa shape index (κ1) is 20.3. The summed E-state index contributed by atoms with van der Waals surface area (Å²) in [7, 11) is 0. The molecule has 5 aromatic rings. The number of hydrogen-bond donors (Lipinski definition) is 0. The van der Waals surface area contributed by atoms with Gasteiger partial charge in [-0.15, -0.1) is 5.10 Å². The Morgan fingerprint density at radius 1 is 0.939 bits per heavy atom. The van der Waals surface area contributed by atoms with Crippen molar-refractivity contribution in [2.24, 2.45) is 0 Å². The highest BCUT2D eigenvalue weighted by molar-refractivity contribution is 5.96. The lowest BCUT2D eigenvalue weighted by Crippen LogP contribution is -2.26. The van der Waals surface area contributed by atoms with Crippen LogP contribution in [0.3, 0.4) is 0 Å². The molecule has 3 aromatic carbocycles. The van der Waals surface area contributed by atoms with E-state index in [2.05, 4.69) is 15.4 Å². The van der Waals surface area contributed by atoms with Crippen LogP contribution in [0.5, 0.6) is 0 Å². The van der Waals surface area contributed by atoms with Crippen LogP contribution in [0.25, 0.3) is 27.8 Å². The van der Waals surface area contributed by atoms with E-state index in [0.717, 1.165) is 10.4 Å². The number of carbonyl (C=O) groups is 1. The summed E-state index contributed by atoms with van der Waals surface area (Å²) in [5, 5.41) is 12.7. The molecule has 0 amide bonds. The van der Waals surface area contributed by atoms with Crippen molar-refractivity contribution in [3.05, 3.63) is 107 Å². The molecule has 0 unspecified atom stereocenters. The van der Waals surface area contributed by atoms with Crippen molar-refractivity contribution in [1.82, 2.24) is 24.8 Å². The van der Waals surface area contributed by atoms with Crippen LogP contribution >= 0.6 is 0 Å². The maximum absolute atomic E-state index is 13.4. The number of hydrogen-bond acceptors (Lipinski definition) is 6. The van der Waals surface area contributed by atoms with E-state index in [-0.39, 0.29) is 5.56 Å². The van der Waals surface area contributed by atoms with E-state index in [9.17, 15) is 14.0 Å². The second-order valence-corrected chi connectivity index (χ2v) is 7.15. The van der Waals surface area contributed by atoms with Crippen LogP contribution in [0.4, 0.5) is 4.39 Å². The first-order chi connectivity index (χ1) is 16.1. The van der Waals surface area contributed by atoms with Crippen LogP contribution in [0.15, 0.2) is 89.9 Å². The van der Waals surface area contributed by atoms with Crippen LogP contribution in [0, 0.1) is 5.82 Å². The van der Waals surface area contributed by atoms with Crippen molar-refractivity contribution < 1.29 is 13.9 Å². The van der Waals surface area contributed by atoms with Crippen molar-refractivity contribution in [3.8, 4) is 16.9 Å². The van der Waals surface area contributed by atoms with Gasteiger partial charge in [0.2, 0.25) is 0 Å². The SMILES string of the molecule is O=C(OCn1nnc2ccccc2c1=O)c1cn(-c2ccccc2)nc1-c1ccc(F)cc1. The number of nitrogens with zero attached hydrogens (tertiary/aromatic N) is 5. The summed E-state index contributed by atoms with van der Waals surface area (Å²) in [6.45, 7) is -0.422. The van der Waals surface area contributed by atoms with Gasteiger partial charge in [0, 0.05) is 11.8 Å². The quantitative estimate of drug-likeness (QED) is 0.387. The molecule has 0 atom stereocenters. The zero-order valence-corrected chi connectivity index (χ0v) is 17.1. The molecular formula is C24H16FN5O3. The number of halogens is 1. The van der Waals surface area contributed by atoms with Crippen LogP contribution in [-0.4, -0.2) is 30.7 Å². The van der Waals surface area contributed by atoms with Gasteiger partial charge in [0.15, 0.2) is 6.73 Å². The van der Waals surface area contributed by atoms with Gasteiger partial charge in [0.25, 0.3) is 5.56 Å². The highest BCUT2D eigenvalue weighted by atomic mass is 19.1. The highest BCUT2D eigenvalue weighted by Gasteiger charge is 2.21. The third-order valence-electron chi connectivity index (χ3n) is 5.02. The minimum absolute atomic E-state index is 0.159. The highest BCUT2D eigenvalue weighted by Crippen LogP contribution is 2.25. The number of ether oxygens (including phenoxy) is 1. The maximum Gasteiger partial charge on any atom is 0.343 e. The van der Waals surface area contributed by atoms with Gasteiger partial charge in [0.05, 0.1) is 11.1 Å². The smallest absolute Gasteiger partial charge is 0.343 e. The van der Waals surface area contributed by atoms with Crippen LogP contribution < -0.4 is 5.56 Å². The normalized spacial score (nSPS) is 10.9. The lowest BCUT2D eigenvalue weighted by molar-refractivity contribution is 0.0337. The Bertz CT molecular complexity index is 1510. The Labute approximate surface area is 186 Å². The second kappa shape index (κ2) is 8.46. The molecule has 0 saturated carbocycles. The van der Waals surface area contributed by atoms with E-state index in [1.54, 1.807) is 24.3 Å². The predicted octanol–water partition coefficient (Wildman–Crippen LogP) is 3.60. The van der Waals surface area contributed by atoms with Crippen molar-refractivity contribution >= 4 is 16.9 Å². The van der Waals surface area contributed by atoms with Crippen molar-refractivity contribution in [2.45, 2.75) is 6.73 Å². The average molecular weight is 441 g/mol. The molecule has 0 aliphatic rings. The van der Waals surface area contributed by atoms with E-state index >= 15 is 0 Å². The molecule has 0 radical (unpaired) electrons. The predicted molar refractivity (Wildman–Crippen MR) is 118 cm³/mol. The fourth-order valence-corrected chi connectivity index (χ4v) is 3.36. The Kier molecular flexibility index (Phi) is 5.19. The third-order valence-corrected chi connectivity index (χ3v) is 5.02. The van der Waals surface area contributed by atoms with Crippen molar-refractivity contribution in [2.75, 3.05) is 0 Å². The molecule has 0 fully saturated rings. The van der Waals surface area contributed by atoms with E-state index in [1.807, 2.05) is 30.3 Å². The number of benzene rings is 3. The van der Waals surface area contributed by atoms with Gasteiger partial charge in [-0.05, 0) is 48.5 Å². The van der Waals surface area contributed by atoms with Crippen LogP contribution in [0.1, 0.15) is 10.4 Å². The summed E-state index contributed by atoms with van der Waals surface area (Å²) >= 11 is 0. The van der Waals surface area contributed by atoms with Gasteiger partial charge in [-0.3, -0.25) is 4.79 Å². The Morgan fingerprint density at radius 2 is 1.67 bits per heavy atom. The molecule has 2 aromatic heterocycles. The zero-order valence-electron chi connectivity index (χ0n) is 17.1. The molecule has 0 aliphatic heterocycles. The van der Waals surface area contributed by atoms with Gasteiger partial charge in [0.1, 0.15) is 22.6 Å². The summed E-state index contributed by atoms with van der Waals surface area (Å²) in [4.78, 5) is 25.6. The standard InChI is InChI=1S/C24H16FN5O3/c25-17-12-10-16(11-13-17)22-20(14-29(27-22)18-6-2-1-3-7-18)24(32)33-15-30-23(31)19-8-4-5-9-21(19)26-28-30/h1-14H,15H2. The Hall–Kier alpha value is -4.66. The van der Waals surface area contributed by atoms with Gasteiger partial charge >= 0.3 is 5.97 Å². The van der Waals surface area contributed by atoms with E-state index in [4.69, 9.17) is 4.74 Å². The molecule has 0 bridgehead atoms. The minimum atomic E-state index is -0.710. The molecule has 0 aliphatic carbocycles. The lowest BCUT2D eigenvalue weighted by Gasteiger charge is -2.07. The molecule has 0 spiro atoms. The summed E-state index contributed by atoms with van der Waals surface area (Å²) in [6, 6.07) is 21.6. The molecule has 9 heteroatoms. The second-order valence-electron chi connectivity index (χ2n) is 7.15. The van der Waals surface area contributed by atoms with E-state index in [1.165, 1.54) is 35.1 Å². The first-order valence-electron chi connectivity index (χ1n) is 10.0. The van der Waals surface area contributed by atoms with E-state index < -0.39 is 24.1 Å². The van der Waals surface area contributed by atoms with Crippen molar-refractivity contribution in [1.29, 1.82) is 0 Å². The monoisotopic (exact) mass is 441 g/mol. The molecular weight excluding hydrogens is 425 g/mol. The van der Waals surface area contributed by atoms with Crippen LogP contribution in [0.2, 0.25) is 0 Å². The first-order valence-corrected chi connectivity index (χ1v) is 10.0. The molecule has 8 nitrogen and oxygen atoms in total. The molecule has 0 saturated heterocycles. The molecule has 0 N–H and O–H groups in total. The maximum atomic E-state index is 13.4.